The maximum atomic E-state index is 13.8. The van der Waals surface area contributed by atoms with Gasteiger partial charge in [0.1, 0.15) is 0 Å². The van der Waals surface area contributed by atoms with Crippen molar-refractivity contribution in [2.24, 2.45) is 0 Å². The summed E-state index contributed by atoms with van der Waals surface area (Å²) in [5, 5.41) is 0. The Hall–Kier alpha value is -2.66. The third kappa shape index (κ3) is 2.65. The van der Waals surface area contributed by atoms with Gasteiger partial charge >= 0.3 is 6.03 Å². The largest absolute Gasteiger partial charge is 0.328 e. The minimum Gasteiger partial charge on any atom is -0.309 e. The third-order valence-electron chi connectivity index (χ3n) is 5.61. The second-order valence-corrected chi connectivity index (χ2v) is 7.53. The summed E-state index contributed by atoms with van der Waals surface area (Å²) in [6.07, 6.45) is 1.54. The van der Waals surface area contributed by atoms with Crippen LogP contribution in [0.5, 0.6) is 0 Å². The molecule has 140 valence electrons. The molecule has 0 N–H and O–H groups in total. The molecule has 3 amide bonds. The van der Waals surface area contributed by atoms with Gasteiger partial charge in [0.05, 0.1) is 0 Å². The van der Waals surface area contributed by atoms with Gasteiger partial charge in [0.2, 0.25) is 0 Å². The highest BCUT2D eigenvalue weighted by atomic mass is 16.2. The summed E-state index contributed by atoms with van der Waals surface area (Å²) in [6, 6.07) is 17.6. The monoisotopic (exact) mass is 363 g/mol. The van der Waals surface area contributed by atoms with Crippen molar-refractivity contribution in [3.63, 3.8) is 0 Å². The lowest BCUT2D eigenvalue weighted by Gasteiger charge is -2.41. The molecule has 1 atom stereocenters. The smallest absolute Gasteiger partial charge is 0.309 e. The summed E-state index contributed by atoms with van der Waals surface area (Å²) in [4.78, 5) is 32.3. The Morgan fingerprint density at radius 1 is 1.00 bits per heavy atom. The Morgan fingerprint density at radius 3 is 2.44 bits per heavy atom. The maximum Gasteiger partial charge on any atom is 0.328 e. The number of fused-ring (bicyclic) bond motifs is 3. The molecule has 4 rings (SSSR count). The molecule has 2 heterocycles. The molecule has 2 aliphatic rings. The molecule has 2 aromatic carbocycles. The van der Waals surface area contributed by atoms with Crippen LogP contribution in [0.2, 0.25) is 0 Å². The van der Waals surface area contributed by atoms with Crippen molar-refractivity contribution >= 4 is 11.9 Å². The van der Waals surface area contributed by atoms with Gasteiger partial charge in [-0.15, -0.1) is 0 Å². The zero-order valence-electron chi connectivity index (χ0n) is 15.9. The maximum absolute atomic E-state index is 13.8. The molecule has 1 saturated heterocycles. The van der Waals surface area contributed by atoms with Gasteiger partial charge in [0.25, 0.3) is 5.91 Å². The van der Waals surface area contributed by atoms with E-state index in [-0.39, 0.29) is 11.9 Å². The Bertz CT molecular complexity index is 865. The fourth-order valence-electron chi connectivity index (χ4n) is 4.39. The van der Waals surface area contributed by atoms with Crippen molar-refractivity contribution < 1.29 is 9.59 Å². The minimum atomic E-state index is -1.04. The number of amides is 3. The van der Waals surface area contributed by atoms with Crippen LogP contribution >= 0.6 is 0 Å². The fraction of sp³-hybridized carbons (Fsp3) is 0.364. The van der Waals surface area contributed by atoms with Crippen LogP contribution in [0.25, 0.3) is 0 Å². The van der Waals surface area contributed by atoms with Gasteiger partial charge in [0.15, 0.2) is 5.54 Å². The van der Waals surface area contributed by atoms with E-state index in [2.05, 4.69) is 11.0 Å². The molecule has 2 aromatic rings. The van der Waals surface area contributed by atoms with E-state index >= 15 is 0 Å². The summed E-state index contributed by atoms with van der Waals surface area (Å²) in [5.74, 6) is -0.121. The number of carbonyl (C=O) groups excluding carboxylic acids is 2. The first kappa shape index (κ1) is 17.7. The molecular weight excluding hydrogens is 338 g/mol. The summed E-state index contributed by atoms with van der Waals surface area (Å²) in [6.45, 7) is 1.84. The van der Waals surface area contributed by atoms with Gasteiger partial charge in [-0.1, -0.05) is 54.6 Å². The number of rotatable bonds is 5. The average Bonchev–Trinajstić information content (AvgIpc) is 2.91. The molecule has 5 nitrogen and oxygen atoms in total. The lowest BCUT2D eigenvalue weighted by Crippen LogP contribution is -2.51. The topological polar surface area (TPSA) is 43.9 Å². The van der Waals surface area contributed by atoms with Crippen LogP contribution in [-0.2, 0) is 16.8 Å². The zero-order valence-corrected chi connectivity index (χ0v) is 15.9. The molecular formula is C22H25N3O2. The van der Waals surface area contributed by atoms with Gasteiger partial charge < -0.3 is 9.80 Å². The van der Waals surface area contributed by atoms with Gasteiger partial charge in [-0.25, -0.2) is 4.79 Å². The van der Waals surface area contributed by atoms with Crippen molar-refractivity contribution in [2.45, 2.75) is 18.4 Å². The molecule has 1 fully saturated rings. The van der Waals surface area contributed by atoms with Crippen molar-refractivity contribution in [2.75, 3.05) is 33.7 Å². The normalized spacial score (nSPS) is 21.6. The predicted molar refractivity (Wildman–Crippen MR) is 104 cm³/mol. The highest BCUT2D eigenvalue weighted by molar-refractivity contribution is 6.10. The van der Waals surface area contributed by atoms with Crippen LogP contribution in [0.15, 0.2) is 54.6 Å². The van der Waals surface area contributed by atoms with Gasteiger partial charge in [0, 0.05) is 13.1 Å². The Balaban J connectivity index is 1.83. The SMILES string of the molecule is CN(C)CCCN1C(=O)N2CCc3ccccc3C2(c2ccccc2)C1=O. The van der Waals surface area contributed by atoms with Crippen LogP contribution in [0, 0.1) is 0 Å². The van der Waals surface area contributed by atoms with E-state index in [1.165, 1.54) is 4.90 Å². The van der Waals surface area contributed by atoms with Crippen molar-refractivity contribution in [3.05, 3.63) is 71.3 Å². The molecule has 0 saturated carbocycles. The number of imide groups is 1. The number of hydrogen-bond acceptors (Lipinski definition) is 3. The van der Waals surface area contributed by atoms with E-state index in [1.807, 2.05) is 62.6 Å². The second kappa shape index (κ2) is 6.82. The predicted octanol–water partition coefficient (Wildman–Crippen LogP) is 2.70. The highest BCUT2D eigenvalue weighted by Gasteiger charge is 2.60. The number of urea groups is 1. The highest BCUT2D eigenvalue weighted by Crippen LogP contribution is 2.46. The van der Waals surface area contributed by atoms with Crippen molar-refractivity contribution in [3.8, 4) is 0 Å². The zero-order chi connectivity index (χ0) is 19.0. The van der Waals surface area contributed by atoms with E-state index in [9.17, 15) is 9.59 Å². The van der Waals surface area contributed by atoms with Crippen LogP contribution in [0.4, 0.5) is 4.79 Å². The number of hydrogen-bond donors (Lipinski definition) is 0. The standard InChI is InChI=1S/C22H25N3O2/c1-23(2)14-8-15-24-20(26)22(18-10-4-3-5-11-18)19-12-7-6-9-17(19)13-16-25(22)21(24)27/h3-7,9-12H,8,13-16H2,1-2H3. The minimum absolute atomic E-state index is 0.121. The van der Waals surface area contributed by atoms with Crippen molar-refractivity contribution in [1.29, 1.82) is 0 Å². The number of nitrogens with zero attached hydrogens (tertiary/aromatic N) is 3. The van der Waals surface area contributed by atoms with E-state index in [0.717, 1.165) is 36.1 Å². The molecule has 0 spiro atoms. The van der Waals surface area contributed by atoms with Crippen LogP contribution < -0.4 is 0 Å². The molecule has 0 aromatic heterocycles. The molecule has 0 radical (unpaired) electrons. The van der Waals surface area contributed by atoms with Gasteiger partial charge in [-0.2, -0.15) is 0 Å². The summed E-state index contributed by atoms with van der Waals surface area (Å²) in [5.41, 5.74) is 1.92. The Morgan fingerprint density at radius 2 is 1.70 bits per heavy atom. The van der Waals surface area contributed by atoms with E-state index in [4.69, 9.17) is 0 Å². The first-order chi connectivity index (χ1) is 13.1. The fourth-order valence-corrected chi connectivity index (χ4v) is 4.39. The van der Waals surface area contributed by atoms with Gasteiger partial charge in [-0.05, 0) is 50.2 Å². The molecule has 0 bridgehead atoms. The quantitative estimate of drug-likeness (QED) is 0.767. The number of benzene rings is 2. The van der Waals surface area contributed by atoms with Crippen LogP contribution in [0.1, 0.15) is 23.1 Å². The van der Waals surface area contributed by atoms with Gasteiger partial charge in [-0.3, -0.25) is 9.69 Å². The van der Waals surface area contributed by atoms with Crippen molar-refractivity contribution in [1.82, 2.24) is 14.7 Å². The van der Waals surface area contributed by atoms with E-state index < -0.39 is 5.54 Å². The average molecular weight is 363 g/mol. The lowest BCUT2D eigenvalue weighted by molar-refractivity contribution is -0.132. The first-order valence-electron chi connectivity index (χ1n) is 9.49. The van der Waals surface area contributed by atoms with Crippen LogP contribution in [0.3, 0.4) is 0 Å². The Labute approximate surface area is 160 Å². The molecule has 1 unspecified atom stereocenters. The first-order valence-corrected chi connectivity index (χ1v) is 9.49. The summed E-state index contributed by atoms with van der Waals surface area (Å²) < 4.78 is 0. The summed E-state index contributed by atoms with van der Waals surface area (Å²) >= 11 is 0. The molecule has 5 heteroatoms. The second-order valence-electron chi connectivity index (χ2n) is 7.53. The Kier molecular flexibility index (Phi) is 4.48. The molecule has 27 heavy (non-hydrogen) atoms. The third-order valence-corrected chi connectivity index (χ3v) is 5.61. The number of carbonyl (C=O) groups is 2. The molecule has 2 aliphatic heterocycles. The summed E-state index contributed by atoms with van der Waals surface area (Å²) in [7, 11) is 4.00. The van der Waals surface area contributed by atoms with E-state index in [0.29, 0.717) is 13.1 Å². The molecule has 0 aliphatic carbocycles. The lowest BCUT2D eigenvalue weighted by atomic mass is 9.76. The van der Waals surface area contributed by atoms with Crippen LogP contribution in [-0.4, -0.2) is 60.4 Å². The van der Waals surface area contributed by atoms with E-state index in [1.54, 1.807) is 4.90 Å².